The van der Waals surface area contributed by atoms with Gasteiger partial charge in [0, 0.05) is 44.0 Å². The van der Waals surface area contributed by atoms with Crippen LogP contribution in [0.5, 0.6) is 0 Å². The number of hydrogen-bond donors (Lipinski definition) is 0. The van der Waals surface area contributed by atoms with Crippen molar-refractivity contribution in [3.8, 4) is 0 Å². The fourth-order valence-electron chi connectivity index (χ4n) is 3.76. The number of fused-ring (bicyclic) bond motifs is 1. The van der Waals surface area contributed by atoms with Crippen molar-refractivity contribution < 1.29 is 4.79 Å². The molecular weight excluding hydrogens is 400 g/mol. The van der Waals surface area contributed by atoms with Crippen molar-refractivity contribution in [2.24, 2.45) is 0 Å². The van der Waals surface area contributed by atoms with Crippen LogP contribution in [0.15, 0.2) is 23.3 Å². The summed E-state index contributed by atoms with van der Waals surface area (Å²) in [5.41, 5.74) is 1.82. The van der Waals surface area contributed by atoms with Gasteiger partial charge in [-0.2, -0.15) is 5.10 Å². The average Bonchev–Trinajstić information content (AvgIpc) is 2.90. The molecule has 8 nitrogen and oxygen atoms in total. The van der Waals surface area contributed by atoms with Gasteiger partial charge < -0.3 is 9.80 Å². The first-order valence-electron chi connectivity index (χ1n) is 10.2. The number of anilines is 1. The normalized spacial score (nSPS) is 14.9. The van der Waals surface area contributed by atoms with E-state index in [9.17, 15) is 9.59 Å². The summed E-state index contributed by atoms with van der Waals surface area (Å²) in [6.07, 6.45) is 2.73. The Hall–Kier alpha value is -2.81. The minimum Gasteiger partial charge on any atom is -0.353 e. The first-order valence-corrected chi connectivity index (χ1v) is 11.0. The molecular formula is C21H26N6O2S. The zero-order valence-corrected chi connectivity index (χ0v) is 18.4. The van der Waals surface area contributed by atoms with Crippen LogP contribution < -0.4 is 10.5 Å². The molecule has 0 radical (unpaired) electrons. The quantitative estimate of drug-likeness (QED) is 0.637. The lowest BCUT2D eigenvalue weighted by Gasteiger charge is -2.22. The summed E-state index contributed by atoms with van der Waals surface area (Å²) < 4.78 is 1.56. The third-order valence-corrected chi connectivity index (χ3v) is 6.79. The second-order valence-electron chi connectivity index (χ2n) is 7.71. The molecule has 4 rings (SSSR count). The van der Waals surface area contributed by atoms with E-state index in [-0.39, 0.29) is 11.5 Å². The van der Waals surface area contributed by atoms with Crippen LogP contribution in [0.4, 0.5) is 5.82 Å². The molecule has 158 valence electrons. The summed E-state index contributed by atoms with van der Waals surface area (Å²) in [6.45, 7) is 9.14. The molecule has 0 N–H and O–H groups in total. The highest BCUT2D eigenvalue weighted by Crippen LogP contribution is 2.25. The van der Waals surface area contributed by atoms with Crippen LogP contribution in [0.2, 0.25) is 0 Å². The van der Waals surface area contributed by atoms with Gasteiger partial charge in [-0.3, -0.25) is 14.2 Å². The predicted octanol–water partition coefficient (Wildman–Crippen LogP) is 2.30. The highest BCUT2D eigenvalue weighted by Gasteiger charge is 2.20. The van der Waals surface area contributed by atoms with Crippen molar-refractivity contribution in [1.29, 1.82) is 0 Å². The maximum absolute atomic E-state index is 12.8. The fourth-order valence-corrected chi connectivity index (χ4v) is 4.75. The zero-order chi connectivity index (χ0) is 21.3. The van der Waals surface area contributed by atoms with Gasteiger partial charge in [-0.05, 0) is 44.9 Å². The Bertz CT molecular complexity index is 1120. The number of carbonyl (C=O) groups is 1. The smallest absolute Gasteiger partial charge is 0.262 e. The van der Waals surface area contributed by atoms with E-state index in [0.717, 1.165) is 46.3 Å². The van der Waals surface area contributed by atoms with Crippen LogP contribution in [0.1, 0.15) is 29.0 Å². The van der Waals surface area contributed by atoms with Gasteiger partial charge in [0.15, 0.2) is 5.82 Å². The molecule has 0 saturated carbocycles. The monoisotopic (exact) mass is 426 g/mol. The number of rotatable bonds is 4. The van der Waals surface area contributed by atoms with Gasteiger partial charge in [0.2, 0.25) is 5.91 Å². The van der Waals surface area contributed by atoms with Crippen LogP contribution in [-0.2, 0) is 11.3 Å². The largest absolute Gasteiger partial charge is 0.353 e. The van der Waals surface area contributed by atoms with Crippen LogP contribution >= 0.6 is 11.3 Å². The van der Waals surface area contributed by atoms with Crippen LogP contribution in [-0.4, -0.2) is 56.7 Å². The first kappa shape index (κ1) is 20.5. The second-order valence-corrected chi connectivity index (χ2v) is 8.91. The molecule has 0 unspecified atom stereocenters. The van der Waals surface area contributed by atoms with Gasteiger partial charge in [-0.1, -0.05) is 0 Å². The van der Waals surface area contributed by atoms with Gasteiger partial charge in [0.05, 0.1) is 17.4 Å². The van der Waals surface area contributed by atoms with E-state index < -0.39 is 0 Å². The number of hydrogen-bond acceptors (Lipinski definition) is 7. The summed E-state index contributed by atoms with van der Waals surface area (Å²) in [5.74, 6) is 0.916. The third-order valence-electron chi connectivity index (χ3n) is 5.68. The van der Waals surface area contributed by atoms with Crippen molar-refractivity contribution in [2.75, 3.05) is 31.1 Å². The molecule has 0 aromatic carbocycles. The maximum Gasteiger partial charge on any atom is 0.262 e. The molecule has 4 heterocycles. The molecule has 0 spiro atoms. The number of amides is 1. The summed E-state index contributed by atoms with van der Waals surface area (Å²) in [4.78, 5) is 36.0. The van der Waals surface area contributed by atoms with E-state index in [0.29, 0.717) is 31.4 Å². The molecule has 0 aliphatic carbocycles. The highest BCUT2D eigenvalue weighted by molar-refractivity contribution is 7.18. The van der Waals surface area contributed by atoms with Crippen molar-refractivity contribution in [3.63, 3.8) is 0 Å². The van der Waals surface area contributed by atoms with E-state index >= 15 is 0 Å². The van der Waals surface area contributed by atoms with Gasteiger partial charge in [-0.15, -0.1) is 16.4 Å². The second kappa shape index (κ2) is 8.51. The number of thiophene rings is 1. The SMILES string of the molecule is Cc1ccc(N2CCCN(C(=O)CCn3cnc4sc(C)c(C)c4c3=O)CC2)nn1. The van der Waals surface area contributed by atoms with Crippen LogP contribution in [0.3, 0.4) is 0 Å². The molecule has 1 aliphatic heterocycles. The molecule has 9 heteroatoms. The first-order chi connectivity index (χ1) is 14.4. The molecule has 3 aromatic heterocycles. The van der Waals surface area contributed by atoms with Gasteiger partial charge in [0.1, 0.15) is 4.83 Å². The zero-order valence-electron chi connectivity index (χ0n) is 17.6. The molecule has 1 aliphatic rings. The fraction of sp³-hybridized carbons (Fsp3) is 0.476. The summed E-state index contributed by atoms with van der Waals surface area (Å²) >= 11 is 1.54. The molecule has 0 bridgehead atoms. The van der Waals surface area contributed by atoms with Gasteiger partial charge >= 0.3 is 0 Å². The lowest BCUT2D eigenvalue weighted by atomic mass is 10.2. The maximum atomic E-state index is 12.8. The van der Waals surface area contributed by atoms with E-state index in [4.69, 9.17) is 0 Å². The lowest BCUT2D eigenvalue weighted by molar-refractivity contribution is -0.131. The van der Waals surface area contributed by atoms with Crippen molar-refractivity contribution in [3.05, 3.63) is 44.9 Å². The van der Waals surface area contributed by atoms with E-state index in [1.807, 2.05) is 37.8 Å². The highest BCUT2D eigenvalue weighted by atomic mass is 32.1. The number of nitrogens with zero attached hydrogens (tertiary/aromatic N) is 6. The van der Waals surface area contributed by atoms with Crippen molar-refractivity contribution in [2.45, 2.75) is 40.2 Å². The van der Waals surface area contributed by atoms with Crippen LogP contribution in [0, 0.1) is 20.8 Å². The Labute approximate surface area is 179 Å². The molecule has 30 heavy (non-hydrogen) atoms. The van der Waals surface area contributed by atoms with E-state index in [1.54, 1.807) is 10.9 Å². The molecule has 1 amide bonds. The van der Waals surface area contributed by atoms with E-state index in [2.05, 4.69) is 20.1 Å². The Kier molecular flexibility index (Phi) is 5.80. The summed E-state index contributed by atoms with van der Waals surface area (Å²) in [7, 11) is 0. The van der Waals surface area contributed by atoms with E-state index in [1.165, 1.54) is 11.3 Å². The van der Waals surface area contributed by atoms with Crippen LogP contribution in [0.25, 0.3) is 10.2 Å². The topological polar surface area (TPSA) is 84.2 Å². The Balaban J connectivity index is 1.39. The molecule has 1 fully saturated rings. The molecule has 3 aromatic rings. The minimum absolute atomic E-state index is 0.0605. The minimum atomic E-state index is -0.0605. The van der Waals surface area contributed by atoms with Crippen molar-refractivity contribution in [1.82, 2.24) is 24.6 Å². The third kappa shape index (κ3) is 4.07. The predicted molar refractivity (Wildman–Crippen MR) is 118 cm³/mol. The van der Waals surface area contributed by atoms with Gasteiger partial charge in [-0.25, -0.2) is 4.98 Å². The summed E-state index contributed by atoms with van der Waals surface area (Å²) in [6, 6.07) is 3.93. The number of carbonyl (C=O) groups excluding carboxylic acids is 1. The number of aryl methyl sites for hydroxylation is 4. The molecule has 0 atom stereocenters. The van der Waals surface area contributed by atoms with Gasteiger partial charge in [0.25, 0.3) is 5.56 Å². The summed E-state index contributed by atoms with van der Waals surface area (Å²) in [5, 5.41) is 9.07. The van der Waals surface area contributed by atoms with Crippen molar-refractivity contribution >= 4 is 33.3 Å². The number of aromatic nitrogens is 4. The lowest BCUT2D eigenvalue weighted by Crippen LogP contribution is -2.36. The molecule has 1 saturated heterocycles. The Morgan fingerprint density at radius 2 is 1.93 bits per heavy atom. The standard InChI is InChI=1S/C21H26N6O2S/c1-14-5-6-17(24-23-14)25-8-4-9-26(12-11-25)18(28)7-10-27-13-22-20-19(21(27)29)15(2)16(3)30-20/h5-6,13H,4,7-12H2,1-3H3. The Morgan fingerprint density at radius 3 is 2.70 bits per heavy atom. The Morgan fingerprint density at radius 1 is 1.10 bits per heavy atom. The average molecular weight is 427 g/mol.